The number of ether oxygens (including phenoxy) is 2. The molecule has 0 saturated heterocycles. The Bertz CT molecular complexity index is 768. The van der Waals surface area contributed by atoms with Crippen LogP contribution in [0, 0.1) is 6.92 Å². The zero-order valence-corrected chi connectivity index (χ0v) is 16.8. The minimum atomic E-state index is -0.0671. The van der Waals surface area contributed by atoms with Gasteiger partial charge in [0.2, 0.25) is 0 Å². The molecule has 0 radical (unpaired) electrons. The lowest BCUT2D eigenvalue weighted by atomic mass is 10.1. The molecule has 0 unspecified atom stereocenters. The second-order valence-corrected chi connectivity index (χ2v) is 7.33. The summed E-state index contributed by atoms with van der Waals surface area (Å²) in [5.41, 5.74) is 2.69. The second kappa shape index (κ2) is 10.1. The summed E-state index contributed by atoms with van der Waals surface area (Å²) < 4.78 is 10.9. The van der Waals surface area contributed by atoms with E-state index in [1.807, 2.05) is 37.3 Å². The van der Waals surface area contributed by atoms with Gasteiger partial charge in [0, 0.05) is 37.6 Å². The number of methoxy groups -OCH3 is 1. The molecule has 0 aliphatic heterocycles. The number of rotatable bonds is 9. The van der Waals surface area contributed by atoms with Gasteiger partial charge in [-0.05, 0) is 74.2 Å². The molecule has 1 saturated carbocycles. The molecule has 2 aromatic carbocycles. The molecule has 1 aliphatic carbocycles. The third-order valence-corrected chi connectivity index (χ3v) is 5.07. The average Bonchev–Trinajstić information content (AvgIpc) is 3.20. The first-order valence-electron chi connectivity index (χ1n) is 10.1. The SMILES string of the molecule is COCCCNC(=O)c1ccc(Oc2ccc(NC3CCCC3)cc2)cc1C. The number of aryl methyl sites for hydroxylation is 1. The maximum atomic E-state index is 12.3. The highest BCUT2D eigenvalue weighted by Gasteiger charge is 2.14. The van der Waals surface area contributed by atoms with Crippen molar-refractivity contribution in [1.29, 1.82) is 0 Å². The van der Waals surface area contributed by atoms with Crippen molar-refractivity contribution in [3.63, 3.8) is 0 Å². The minimum absolute atomic E-state index is 0.0671. The standard InChI is InChI=1S/C23H30N2O3/c1-17-16-21(12-13-22(17)23(26)24-14-5-15-27-2)28-20-10-8-19(9-11-20)25-18-6-3-4-7-18/h8-13,16,18,25H,3-7,14-15H2,1-2H3,(H,24,26). The molecule has 150 valence electrons. The molecule has 3 rings (SSSR count). The Morgan fingerprint density at radius 2 is 1.79 bits per heavy atom. The third-order valence-electron chi connectivity index (χ3n) is 5.07. The van der Waals surface area contributed by atoms with Gasteiger partial charge >= 0.3 is 0 Å². The van der Waals surface area contributed by atoms with Gasteiger partial charge in [-0.3, -0.25) is 4.79 Å². The topological polar surface area (TPSA) is 59.6 Å². The highest BCUT2D eigenvalue weighted by atomic mass is 16.5. The number of carbonyl (C=O) groups is 1. The lowest BCUT2D eigenvalue weighted by Gasteiger charge is -2.14. The molecule has 0 aromatic heterocycles. The predicted octanol–water partition coefficient (Wildman–Crippen LogP) is 4.91. The zero-order chi connectivity index (χ0) is 19.8. The van der Waals surface area contributed by atoms with E-state index >= 15 is 0 Å². The van der Waals surface area contributed by atoms with Gasteiger partial charge in [-0.1, -0.05) is 12.8 Å². The molecule has 0 atom stereocenters. The Morgan fingerprint density at radius 3 is 2.46 bits per heavy atom. The highest BCUT2D eigenvalue weighted by Crippen LogP contribution is 2.27. The fourth-order valence-corrected chi connectivity index (χ4v) is 3.53. The van der Waals surface area contributed by atoms with E-state index in [4.69, 9.17) is 9.47 Å². The third kappa shape index (κ3) is 5.73. The average molecular weight is 383 g/mol. The molecule has 5 nitrogen and oxygen atoms in total. The predicted molar refractivity (Wildman–Crippen MR) is 112 cm³/mol. The number of nitrogens with one attached hydrogen (secondary N) is 2. The monoisotopic (exact) mass is 382 g/mol. The van der Waals surface area contributed by atoms with Crippen LogP contribution in [-0.4, -0.2) is 32.2 Å². The van der Waals surface area contributed by atoms with Gasteiger partial charge < -0.3 is 20.1 Å². The Hall–Kier alpha value is -2.53. The van der Waals surface area contributed by atoms with Gasteiger partial charge in [0.25, 0.3) is 5.91 Å². The number of benzene rings is 2. The van der Waals surface area contributed by atoms with Crippen LogP contribution < -0.4 is 15.4 Å². The Balaban J connectivity index is 1.55. The van der Waals surface area contributed by atoms with Crippen LogP contribution in [0.15, 0.2) is 42.5 Å². The summed E-state index contributed by atoms with van der Waals surface area (Å²) in [7, 11) is 1.66. The van der Waals surface area contributed by atoms with Crippen molar-refractivity contribution in [1.82, 2.24) is 5.32 Å². The number of hydrogen-bond acceptors (Lipinski definition) is 4. The van der Waals surface area contributed by atoms with E-state index < -0.39 is 0 Å². The summed E-state index contributed by atoms with van der Waals surface area (Å²) in [6.45, 7) is 3.16. The van der Waals surface area contributed by atoms with Crippen molar-refractivity contribution in [3.05, 3.63) is 53.6 Å². The summed E-state index contributed by atoms with van der Waals surface area (Å²) in [6, 6.07) is 14.2. The lowest BCUT2D eigenvalue weighted by Crippen LogP contribution is -2.25. The lowest BCUT2D eigenvalue weighted by molar-refractivity contribution is 0.0948. The number of carbonyl (C=O) groups excluding carboxylic acids is 1. The van der Waals surface area contributed by atoms with Gasteiger partial charge in [0.05, 0.1) is 0 Å². The van der Waals surface area contributed by atoms with Crippen molar-refractivity contribution < 1.29 is 14.3 Å². The largest absolute Gasteiger partial charge is 0.457 e. The van der Waals surface area contributed by atoms with E-state index in [0.29, 0.717) is 24.8 Å². The van der Waals surface area contributed by atoms with Crippen LogP contribution in [0.3, 0.4) is 0 Å². The number of hydrogen-bond donors (Lipinski definition) is 2. The van der Waals surface area contributed by atoms with E-state index in [2.05, 4.69) is 22.8 Å². The van der Waals surface area contributed by atoms with Crippen LogP contribution >= 0.6 is 0 Å². The van der Waals surface area contributed by atoms with Crippen LogP contribution in [0.25, 0.3) is 0 Å². The van der Waals surface area contributed by atoms with Gasteiger partial charge in [0.1, 0.15) is 11.5 Å². The fourth-order valence-electron chi connectivity index (χ4n) is 3.53. The van der Waals surface area contributed by atoms with Crippen LogP contribution in [0.5, 0.6) is 11.5 Å². The molecule has 28 heavy (non-hydrogen) atoms. The summed E-state index contributed by atoms with van der Waals surface area (Å²) in [5.74, 6) is 1.44. The molecule has 0 spiro atoms. The molecule has 0 bridgehead atoms. The molecule has 1 amide bonds. The molecule has 5 heteroatoms. The molecule has 2 aromatic rings. The zero-order valence-electron chi connectivity index (χ0n) is 16.8. The smallest absolute Gasteiger partial charge is 0.251 e. The van der Waals surface area contributed by atoms with Crippen molar-refractivity contribution in [2.45, 2.75) is 45.1 Å². The fraction of sp³-hybridized carbons (Fsp3) is 0.435. The van der Waals surface area contributed by atoms with Crippen LogP contribution in [0.2, 0.25) is 0 Å². The first-order chi connectivity index (χ1) is 13.7. The van der Waals surface area contributed by atoms with Crippen molar-refractivity contribution in [3.8, 4) is 11.5 Å². The molecule has 2 N–H and O–H groups in total. The second-order valence-electron chi connectivity index (χ2n) is 7.33. The van der Waals surface area contributed by atoms with Gasteiger partial charge in [-0.2, -0.15) is 0 Å². The maximum Gasteiger partial charge on any atom is 0.251 e. The molecule has 0 heterocycles. The van der Waals surface area contributed by atoms with E-state index in [0.717, 1.165) is 29.2 Å². The van der Waals surface area contributed by atoms with E-state index in [1.165, 1.54) is 25.7 Å². The summed E-state index contributed by atoms with van der Waals surface area (Å²) in [4.78, 5) is 12.3. The normalized spacial score (nSPS) is 14.1. The Kier molecular flexibility index (Phi) is 7.31. The van der Waals surface area contributed by atoms with Crippen molar-refractivity contribution >= 4 is 11.6 Å². The van der Waals surface area contributed by atoms with E-state index in [1.54, 1.807) is 7.11 Å². The first kappa shape index (κ1) is 20.2. The van der Waals surface area contributed by atoms with Crippen LogP contribution in [-0.2, 0) is 4.74 Å². The van der Waals surface area contributed by atoms with Crippen LogP contribution in [0.1, 0.15) is 48.0 Å². The van der Waals surface area contributed by atoms with Crippen LogP contribution in [0.4, 0.5) is 5.69 Å². The molecule has 1 fully saturated rings. The van der Waals surface area contributed by atoms with Gasteiger partial charge in [0.15, 0.2) is 0 Å². The maximum absolute atomic E-state index is 12.3. The Morgan fingerprint density at radius 1 is 1.07 bits per heavy atom. The van der Waals surface area contributed by atoms with Gasteiger partial charge in [-0.25, -0.2) is 0 Å². The summed E-state index contributed by atoms with van der Waals surface area (Å²) in [6.07, 6.45) is 5.94. The van der Waals surface area contributed by atoms with E-state index in [-0.39, 0.29) is 5.91 Å². The Labute approximate surface area is 167 Å². The molecule has 1 aliphatic rings. The quantitative estimate of drug-likeness (QED) is 0.605. The minimum Gasteiger partial charge on any atom is -0.457 e. The van der Waals surface area contributed by atoms with E-state index in [9.17, 15) is 4.79 Å². The molecular formula is C23H30N2O3. The highest BCUT2D eigenvalue weighted by molar-refractivity contribution is 5.95. The van der Waals surface area contributed by atoms with Crippen molar-refractivity contribution in [2.75, 3.05) is 25.6 Å². The number of amides is 1. The number of anilines is 1. The molecular weight excluding hydrogens is 352 g/mol. The first-order valence-corrected chi connectivity index (χ1v) is 10.1. The summed E-state index contributed by atoms with van der Waals surface area (Å²) >= 11 is 0. The van der Waals surface area contributed by atoms with Gasteiger partial charge in [-0.15, -0.1) is 0 Å². The summed E-state index contributed by atoms with van der Waals surface area (Å²) in [5, 5.41) is 6.49. The van der Waals surface area contributed by atoms with Crippen molar-refractivity contribution in [2.24, 2.45) is 0 Å².